The summed E-state index contributed by atoms with van der Waals surface area (Å²) in [5.74, 6) is 0. The maximum Gasteiger partial charge on any atom is 0.0991 e. The molecule has 3 aromatic heterocycles. The van der Waals surface area contributed by atoms with E-state index in [4.69, 9.17) is 0 Å². The first-order chi connectivity index (χ1) is 24.6. The van der Waals surface area contributed by atoms with E-state index in [1.165, 1.54) is 22.3 Å². The number of nitrogens with zero attached hydrogens (tertiary/aromatic N) is 5. The quantitative estimate of drug-likeness (QED) is 0.188. The predicted molar refractivity (Wildman–Crippen MR) is 206 cm³/mol. The predicted octanol–water partition coefficient (Wildman–Crippen LogP) is 11.0. The molecular weight excluding hydrogens is 611 g/mol. The summed E-state index contributed by atoms with van der Waals surface area (Å²) in [5.41, 5.74) is 13.7. The lowest BCUT2D eigenvalue weighted by atomic mass is 9.99. The van der Waals surface area contributed by atoms with Gasteiger partial charge < -0.3 is 13.7 Å². The third-order valence-electron chi connectivity index (χ3n) is 10.1. The van der Waals surface area contributed by atoms with Gasteiger partial charge in [0.25, 0.3) is 0 Å². The van der Waals surface area contributed by atoms with Gasteiger partial charge in [0.2, 0.25) is 0 Å². The van der Waals surface area contributed by atoms with Crippen LogP contribution in [0.1, 0.15) is 47.0 Å². The summed E-state index contributed by atoms with van der Waals surface area (Å²) in [7, 11) is 0. The first-order valence-electron chi connectivity index (χ1n) is 16.8. The fourth-order valence-electron chi connectivity index (χ4n) is 8.01. The number of allylic oxidation sites excluding steroid dienone is 2. The molecule has 0 atom stereocenters. The van der Waals surface area contributed by atoms with E-state index in [2.05, 4.69) is 130 Å². The fourth-order valence-corrected chi connectivity index (χ4v) is 8.01. The average Bonchev–Trinajstić information content (AvgIpc) is 3.79. The highest BCUT2D eigenvalue weighted by Gasteiger charge is 2.25. The summed E-state index contributed by atoms with van der Waals surface area (Å²) >= 11 is 0. The molecule has 0 bridgehead atoms. The summed E-state index contributed by atoms with van der Waals surface area (Å²) in [4.78, 5) is 0. The van der Waals surface area contributed by atoms with Crippen molar-refractivity contribution in [2.45, 2.75) is 19.8 Å². The van der Waals surface area contributed by atoms with Gasteiger partial charge in [-0.15, -0.1) is 0 Å². The molecule has 5 aromatic carbocycles. The third kappa shape index (κ3) is 4.24. The van der Waals surface area contributed by atoms with Crippen molar-refractivity contribution in [1.29, 1.82) is 10.5 Å². The number of aromatic nitrogens is 3. The van der Waals surface area contributed by atoms with E-state index in [1.54, 1.807) is 0 Å². The zero-order valence-electron chi connectivity index (χ0n) is 27.6. The number of nitriles is 2. The molecule has 0 saturated carbocycles. The highest BCUT2D eigenvalue weighted by Crippen LogP contribution is 2.42. The van der Waals surface area contributed by atoms with Crippen LogP contribution in [0.15, 0.2) is 122 Å². The number of benzene rings is 5. The summed E-state index contributed by atoms with van der Waals surface area (Å²) < 4.78 is 7.09. The van der Waals surface area contributed by atoms with E-state index < -0.39 is 0 Å². The molecule has 1 aliphatic carbocycles. The number of rotatable bonds is 5. The van der Waals surface area contributed by atoms with E-state index in [0.29, 0.717) is 11.1 Å². The lowest BCUT2D eigenvalue weighted by Gasteiger charge is -2.19. The standard InChI is InChI=1S/C45H31N5/c1-3-10-40-34(4-2)36-23-29(27-46)15-19-42(36)49(40)32-17-21-44-38(25-32)39-26-33(18-22-45(39)48(44)31-11-6-5-7-12-31)50-41-14-9-8-13-35(41)37-24-30(28-47)16-20-43(37)50/h3-17,19-21,23-26H,2,18,22H2,1H3/b10-3-. The summed E-state index contributed by atoms with van der Waals surface area (Å²) in [6, 6.07) is 42.4. The monoisotopic (exact) mass is 641 g/mol. The minimum atomic E-state index is 0.626. The molecule has 9 rings (SSSR count). The van der Waals surface area contributed by atoms with Crippen molar-refractivity contribution < 1.29 is 0 Å². The van der Waals surface area contributed by atoms with Crippen LogP contribution in [-0.4, -0.2) is 13.7 Å². The van der Waals surface area contributed by atoms with Crippen LogP contribution < -0.4 is 0 Å². The SMILES string of the molecule is C=Cc1c(/C=C\C)n(-c2ccc3c(c2)c2c(n3-c3ccccc3)CCC(n3c4ccccc4c4cc(C#N)ccc43)=C2)c2ccc(C#N)cc12. The Morgan fingerprint density at radius 1 is 0.620 bits per heavy atom. The fraction of sp³-hybridized carbons (Fsp3) is 0.0667. The topological polar surface area (TPSA) is 62.4 Å². The van der Waals surface area contributed by atoms with E-state index in [1.807, 2.05) is 43.3 Å². The molecule has 3 heterocycles. The molecule has 0 radical (unpaired) electrons. The normalized spacial score (nSPS) is 12.8. The lowest BCUT2D eigenvalue weighted by Crippen LogP contribution is -2.08. The van der Waals surface area contributed by atoms with Crippen LogP contribution in [0.5, 0.6) is 0 Å². The van der Waals surface area contributed by atoms with Gasteiger partial charge in [0.1, 0.15) is 0 Å². The molecule has 0 unspecified atom stereocenters. The first-order valence-corrected chi connectivity index (χ1v) is 16.8. The maximum absolute atomic E-state index is 9.70. The van der Waals surface area contributed by atoms with Crippen LogP contribution in [0.3, 0.4) is 0 Å². The molecule has 0 spiro atoms. The van der Waals surface area contributed by atoms with Crippen LogP contribution in [0.2, 0.25) is 0 Å². The van der Waals surface area contributed by atoms with Crippen LogP contribution in [0, 0.1) is 22.7 Å². The van der Waals surface area contributed by atoms with Crippen molar-refractivity contribution in [3.05, 3.63) is 155 Å². The van der Waals surface area contributed by atoms with Gasteiger partial charge in [0.05, 0.1) is 51.0 Å². The van der Waals surface area contributed by atoms with E-state index in [0.717, 1.165) is 73.7 Å². The zero-order valence-corrected chi connectivity index (χ0v) is 27.6. The summed E-state index contributed by atoms with van der Waals surface area (Å²) in [5, 5.41) is 23.8. The second-order valence-corrected chi connectivity index (χ2v) is 12.7. The minimum absolute atomic E-state index is 0.626. The van der Waals surface area contributed by atoms with Crippen LogP contribution in [0.4, 0.5) is 0 Å². The van der Waals surface area contributed by atoms with E-state index in [-0.39, 0.29) is 0 Å². The van der Waals surface area contributed by atoms with Crippen molar-refractivity contribution in [3.63, 3.8) is 0 Å². The highest BCUT2D eigenvalue weighted by molar-refractivity contribution is 6.11. The molecule has 0 saturated heterocycles. The molecule has 0 fully saturated rings. The Hall–Kier alpha value is -6.82. The molecule has 0 aliphatic heterocycles. The number of fused-ring (bicyclic) bond motifs is 7. The number of hydrogen-bond donors (Lipinski definition) is 0. The van der Waals surface area contributed by atoms with Gasteiger partial charge in [-0.05, 0) is 105 Å². The Morgan fingerprint density at radius 2 is 1.28 bits per heavy atom. The van der Waals surface area contributed by atoms with Gasteiger partial charge in [-0.1, -0.05) is 55.1 Å². The van der Waals surface area contributed by atoms with Gasteiger partial charge in [-0.25, -0.2) is 0 Å². The number of para-hydroxylation sites is 2. The first kappa shape index (κ1) is 29.3. The van der Waals surface area contributed by atoms with Gasteiger partial charge in [0.15, 0.2) is 0 Å². The van der Waals surface area contributed by atoms with Crippen molar-refractivity contribution in [2.75, 3.05) is 0 Å². The van der Waals surface area contributed by atoms with Gasteiger partial charge in [-0.2, -0.15) is 10.5 Å². The summed E-state index contributed by atoms with van der Waals surface area (Å²) in [6.45, 7) is 6.18. The Balaban J connectivity index is 1.34. The Morgan fingerprint density at radius 3 is 2.02 bits per heavy atom. The van der Waals surface area contributed by atoms with Crippen molar-refractivity contribution >= 4 is 67.5 Å². The Labute approximate surface area is 289 Å². The van der Waals surface area contributed by atoms with Crippen molar-refractivity contribution in [2.24, 2.45) is 0 Å². The van der Waals surface area contributed by atoms with Crippen LogP contribution in [-0.2, 0) is 6.42 Å². The van der Waals surface area contributed by atoms with Crippen molar-refractivity contribution in [3.8, 4) is 23.5 Å². The van der Waals surface area contributed by atoms with E-state index in [9.17, 15) is 10.5 Å². The molecule has 0 amide bonds. The maximum atomic E-state index is 9.70. The largest absolute Gasteiger partial charge is 0.313 e. The Bertz CT molecular complexity index is 2860. The van der Waals surface area contributed by atoms with E-state index >= 15 is 0 Å². The molecule has 236 valence electrons. The molecule has 5 heteroatoms. The molecule has 8 aromatic rings. The minimum Gasteiger partial charge on any atom is -0.313 e. The van der Waals surface area contributed by atoms with Gasteiger partial charge in [0, 0.05) is 55.4 Å². The third-order valence-corrected chi connectivity index (χ3v) is 10.1. The van der Waals surface area contributed by atoms with Crippen LogP contribution in [0.25, 0.3) is 78.9 Å². The average molecular weight is 642 g/mol. The van der Waals surface area contributed by atoms with Crippen molar-refractivity contribution in [1.82, 2.24) is 13.7 Å². The van der Waals surface area contributed by atoms with Gasteiger partial charge in [-0.3, -0.25) is 0 Å². The molecule has 50 heavy (non-hydrogen) atoms. The molecule has 0 N–H and O–H groups in total. The summed E-state index contributed by atoms with van der Waals surface area (Å²) in [6.07, 6.45) is 10.2. The molecule has 1 aliphatic rings. The second kappa shape index (κ2) is 11.4. The number of hydrogen-bond acceptors (Lipinski definition) is 2. The molecule has 5 nitrogen and oxygen atoms in total. The lowest BCUT2D eigenvalue weighted by molar-refractivity contribution is 0.873. The smallest absolute Gasteiger partial charge is 0.0991 e. The zero-order chi connectivity index (χ0) is 33.9. The Kier molecular flexibility index (Phi) is 6.69. The van der Waals surface area contributed by atoms with Crippen LogP contribution >= 0.6 is 0 Å². The molecular formula is C45H31N5. The highest BCUT2D eigenvalue weighted by atomic mass is 15.0. The second-order valence-electron chi connectivity index (χ2n) is 12.7. The van der Waals surface area contributed by atoms with Gasteiger partial charge >= 0.3 is 0 Å².